The van der Waals surface area contributed by atoms with Gasteiger partial charge in [0.2, 0.25) is 5.91 Å². The molecule has 0 spiro atoms. The van der Waals surface area contributed by atoms with Gasteiger partial charge in [-0.15, -0.1) is 10.2 Å². The molecule has 1 N–H and O–H groups in total. The minimum atomic E-state index is -0.288. The second-order valence-electron chi connectivity index (χ2n) is 5.24. The van der Waals surface area contributed by atoms with E-state index >= 15 is 0 Å². The Morgan fingerprint density at radius 1 is 1.26 bits per heavy atom. The third kappa shape index (κ3) is 4.54. The van der Waals surface area contributed by atoms with Crippen LogP contribution in [-0.2, 0) is 11.8 Å². The van der Waals surface area contributed by atoms with Gasteiger partial charge in [-0.25, -0.2) is 4.39 Å². The van der Waals surface area contributed by atoms with Gasteiger partial charge >= 0.3 is 0 Å². The molecule has 0 aliphatic heterocycles. The van der Waals surface area contributed by atoms with Crippen molar-refractivity contribution in [3.05, 3.63) is 30.1 Å². The maximum atomic E-state index is 13.0. The Bertz CT molecular complexity index is 653. The summed E-state index contributed by atoms with van der Waals surface area (Å²) < 4.78 is 14.8. The highest BCUT2D eigenvalue weighted by Gasteiger charge is 2.14. The first kappa shape index (κ1) is 17.5. The van der Waals surface area contributed by atoms with Crippen molar-refractivity contribution >= 4 is 17.7 Å². The number of hydrogen-bond acceptors (Lipinski definition) is 4. The van der Waals surface area contributed by atoms with E-state index in [4.69, 9.17) is 0 Å². The summed E-state index contributed by atoms with van der Waals surface area (Å²) in [5, 5.41) is 11.9. The van der Waals surface area contributed by atoms with Crippen molar-refractivity contribution in [2.45, 2.75) is 37.9 Å². The zero-order valence-electron chi connectivity index (χ0n) is 13.5. The van der Waals surface area contributed by atoms with Crippen LogP contribution in [0.25, 0.3) is 11.4 Å². The van der Waals surface area contributed by atoms with Crippen molar-refractivity contribution in [1.82, 2.24) is 20.1 Å². The molecule has 1 aromatic heterocycles. The van der Waals surface area contributed by atoms with Gasteiger partial charge < -0.3 is 9.88 Å². The monoisotopic (exact) mass is 336 g/mol. The summed E-state index contributed by atoms with van der Waals surface area (Å²) in [6.45, 7) is 4.11. The number of benzene rings is 1. The Balaban J connectivity index is 2.00. The van der Waals surface area contributed by atoms with Crippen LogP contribution in [-0.4, -0.2) is 32.5 Å². The standard InChI is InChI=1S/C16H21FN4OS/c1-4-13(5-2)18-14(22)10-23-16-20-19-15(21(16)3)11-6-8-12(17)9-7-11/h6-9,13H,4-5,10H2,1-3H3,(H,18,22). The molecular weight excluding hydrogens is 315 g/mol. The number of amides is 1. The summed E-state index contributed by atoms with van der Waals surface area (Å²) >= 11 is 1.34. The lowest BCUT2D eigenvalue weighted by atomic mass is 10.2. The average molecular weight is 336 g/mol. The summed E-state index contributed by atoms with van der Waals surface area (Å²) in [5.41, 5.74) is 0.787. The van der Waals surface area contributed by atoms with E-state index < -0.39 is 0 Å². The molecule has 5 nitrogen and oxygen atoms in total. The van der Waals surface area contributed by atoms with Gasteiger partial charge in [0.05, 0.1) is 5.75 Å². The minimum Gasteiger partial charge on any atom is -0.353 e. The minimum absolute atomic E-state index is 0.00460. The highest BCUT2D eigenvalue weighted by Crippen LogP contribution is 2.22. The molecule has 1 heterocycles. The van der Waals surface area contributed by atoms with Gasteiger partial charge in [-0.3, -0.25) is 4.79 Å². The highest BCUT2D eigenvalue weighted by atomic mass is 32.2. The van der Waals surface area contributed by atoms with Crippen LogP contribution in [0.2, 0.25) is 0 Å². The first-order chi connectivity index (χ1) is 11.0. The number of hydrogen-bond donors (Lipinski definition) is 1. The van der Waals surface area contributed by atoms with Gasteiger partial charge in [0.25, 0.3) is 0 Å². The predicted molar refractivity (Wildman–Crippen MR) is 89.6 cm³/mol. The van der Waals surface area contributed by atoms with E-state index in [9.17, 15) is 9.18 Å². The van der Waals surface area contributed by atoms with Gasteiger partial charge in [-0.05, 0) is 37.1 Å². The van der Waals surface area contributed by atoms with Crippen LogP contribution < -0.4 is 5.32 Å². The van der Waals surface area contributed by atoms with E-state index in [2.05, 4.69) is 29.4 Å². The SMILES string of the molecule is CCC(CC)NC(=O)CSc1nnc(-c2ccc(F)cc2)n1C. The second kappa shape index (κ2) is 8.10. The number of nitrogens with zero attached hydrogens (tertiary/aromatic N) is 3. The summed E-state index contributed by atoms with van der Waals surface area (Å²) in [5.74, 6) is 0.651. The molecule has 1 amide bonds. The van der Waals surface area contributed by atoms with Crippen molar-refractivity contribution in [1.29, 1.82) is 0 Å². The number of aromatic nitrogens is 3. The number of carbonyl (C=O) groups is 1. The van der Waals surface area contributed by atoms with Crippen LogP contribution in [0.3, 0.4) is 0 Å². The number of nitrogens with one attached hydrogen (secondary N) is 1. The molecule has 0 aliphatic rings. The largest absolute Gasteiger partial charge is 0.353 e. The number of halogens is 1. The molecule has 2 aromatic rings. The van der Waals surface area contributed by atoms with Crippen molar-refractivity contribution in [3.8, 4) is 11.4 Å². The molecule has 0 radical (unpaired) electrons. The highest BCUT2D eigenvalue weighted by molar-refractivity contribution is 7.99. The molecule has 23 heavy (non-hydrogen) atoms. The molecule has 0 unspecified atom stereocenters. The van der Waals surface area contributed by atoms with Crippen LogP contribution in [0, 0.1) is 5.82 Å². The van der Waals surface area contributed by atoms with Gasteiger partial charge in [0.15, 0.2) is 11.0 Å². The third-order valence-electron chi connectivity index (χ3n) is 3.62. The van der Waals surface area contributed by atoms with Crippen LogP contribution in [0.15, 0.2) is 29.4 Å². The Hall–Kier alpha value is -1.89. The third-order valence-corrected chi connectivity index (χ3v) is 4.64. The first-order valence-corrected chi connectivity index (χ1v) is 8.61. The summed E-state index contributed by atoms with van der Waals surface area (Å²) in [7, 11) is 1.83. The fourth-order valence-corrected chi connectivity index (χ4v) is 2.91. The molecule has 124 valence electrons. The molecule has 0 fully saturated rings. The van der Waals surface area contributed by atoms with Crippen LogP contribution in [0.4, 0.5) is 4.39 Å². The normalized spacial score (nSPS) is 11.0. The molecule has 7 heteroatoms. The van der Waals surface area contributed by atoms with Crippen molar-refractivity contribution in [3.63, 3.8) is 0 Å². The van der Waals surface area contributed by atoms with Crippen LogP contribution >= 0.6 is 11.8 Å². The zero-order chi connectivity index (χ0) is 16.8. The van der Waals surface area contributed by atoms with E-state index in [0.29, 0.717) is 16.7 Å². The second-order valence-corrected chi connectivity index (χ2v) is 6.18. The summed E-state index contributed by atoms with van der Waals surface area (Å²) in [4.78, 5) is 11.9. The number of thioether (sulfide) groups is 1. The van der Waals surface area contributed by atoms with Gasteiger partial charge in [0, 0.05) is 18.7 Å². The van der Waals surface area contributed by atoms with E-state index in [0.717, 1.165) is 18.4 Å². The summed E-state index contributed by atoms with van der Waals surface area (Å²) in [6.07, 6.45) is 1.84. The average Bonchev–Trinajstić information content (AvgIpc) is 2.92. The number of rotatable bonds is 7. The Morgan fingerprint density at radius 2 is 1.91 bits per heavy atom. The topological polar surface area (TPSA) is 59.8 Å². The van der Waals surface area contributed by atoms with Crippen LogP contribution in [0.5, 0.6) is 0 Å². The van der Waals surface area contributed by atoms with E-state index in [1.807, 2.05) is 11.6 Å². The fraction of sp³-hybridized carbons (Fsp3) is 0.438. The van der Waals surface area contributed by atoms with Gasteiger partial charge in [-0.1, -0.05) is 25.6 Å². The Kier molecular flexibility index (Phi) is 6.15. The van der Waals surface area contributed by atoms with Gasteiger partial charge in [-0.2, -0.15) is 0 Å². The fourth-order valence-electron chi connectivity index (χ4n) is 2.18. The zero-order valence-corrected chi connectivity index (χ0v) is 14.4. The van der Waals surface area contributed by atoms with Crippen molar-refractivity contribution < 1.29 is 9.18 Å². The molecular formula is C16H21FN4OS. The Morgan fingerprint density at radius 3 is 2.52 bits per heavy atom. The summed E-state index contributed by atoms with van der Waals surface area (Å²) in [6, 6.07) is 6.32. The van der Waals surface area contributed by atoms with Crippen LogP contribution in [0.1, 0.15) is 26.7 Å². The molecule has 1 aromatic carbocycles. The van der Waals surface area contributed by atoms with E-state index in [-0.39, 0.29) is 17.8 Å². The maximum Gasteiger partial charge on any atom is 0.230 e. The van der Waals surface area contributed by atoms with E-state index in [1.54, 1.807) is 12.1 Å². The molecule has 0 atom stereocenters. The molecule has 0 bridgehead atoms. The molecule has 0 saturated carbocycles. The van der Waals surface area contributed by atoms with E-state index in [1.165, 1.54) is 23.9 Å². The lowest BCUT2D eigenvalue weighted by Crippen LogP contribution is -2.35. The van der Waals surface area contributed by atoms with Crippen molar-refractivity contribution in [2.75, 3.05) is 5.75 Å². The number of carbonyl (C=O) groups excluding carboxylic acids is 1. The molecule has 0 saturated heterocycles. The van der Waals surface area contributed by atoms with Crippen molar-refractivity contribution in [2.24, 2.45) is 7.05 Å². The van der Waals surface area contributed by atoms with Gasteiger partial charge in [0.1, 0.15) is 5.82 Å². The predicted octanol–water partition coefficient (Wildman–Crippen LogP) is 3.02. The molecule has 0 aliphatic carbocycles. The quantitative estimate of drug-likeness (QED) is 0.790. The maximum absolute atomic E-state index is 13.0. The lowest BCUT2D eigenvalue weighted by molar-refractivity contribution is -0.119. The Labute approximate surface area is 139 Å². The smallest absolute Gasteiger partial charge is 0.230 e. The lowest BCUT2D eigenvalue weighted by Gasteiger charge is -2.14. The first-order valence-electron chi connectivity index (χ1n) is 7.62. The molecule has 2 rings (SSSR count).